The number of hydrogen-bond acceptors (Lipinski definition) is 4. The van der Waals surface area contributed by atoms with E-state index in [1.54, 1.807) is 22.2 Å². The minimum absolute atomic E-state index is 0.226. The zero-order valence-electron chi connectivity index (χ0n) is 20.6. The second kappa shape index (κ2) is 9.48. The summed E-state index contributed by atoms with van der Waals surface area (Å²) in [6, 6.07) is 12.4. The maximum Gasteiger partial charge on any atom is 0.397 e. The molecule has 0 aliphatic carbocycles. The van der Waals surface area contributed by atoms with Crippen LogP contribution in [0.1, 0.15) is 101 Å². The fourth-order valence-corrected chi connectivity index (χ4v) is 4.70. The summed E-state index contributed by atoms with van der Waals surface area (Å²) in [7, 11) is 0. The van der Waals surface area contributed by atoms with Gasteiger partial charge in [0.25, 0.3) is 0 Å². The van der Waals surface area contributed by atoms with Crippen molar-refractivity contribution in [2.75, 3.05) is 9.80 Å². The minimum atomic E-state index is -2.30. The van der Waals surface area contributed by atoms with Gasteiger partial charge in [0.05, 0.1) is 11.4 Å². The highest BCUT2D eigenvalue weighted by atomic mass is 32.1. The Hall–Kier alpha value is -1.98. The molecule has 0 spiro atoms. The second-order valence-electron chi connectivity index (χ2n) is 9.85. The lowest BCUT2D eigenvalue weighted by atomic mass is 9.91. The predicted octanol–water partition coefficient (Wildman–Crippen LogP) is 8.42. The van der Waals surface area contributed by atoms with E-state index in [4.69, 9.17) is 4.18 Å². The summed E-state index contributed by atoms with van der Waals surface area (Å²) in [6.45, 7) is 17.1. The first-order chi connectivity index (χ1) is 15.0. The Morgan fingerprint density at radius 1 is 0.656 bits per heavy atom. The molecule has 3 nitrogen and oxygen atoms in total. The summed E-state index contributed by atoms with van der Waals surface area (Å²) < 4.78 is 22.4. The molecule has 1 aliphatic heterocycles. The summed E-state index contributed by atoms with van der Waals surface area (Å²) in [6.07, 6.45) is 1.27. The van der Waals surface area contributed by atoms with Crippen LogP contribution in [0.25, 0.3) is 0 Å². The lowest BCUT2D eigenvalue weighted by Gasteiger charge is -2.40. The Labute approximate surface area is 198 Å². The molecule has 0 unspecified atom stereocenters. The van der Waals surface area contributed by atoms with Gasteiger partial charge in [-0.3, -0.25) is 9.80 Å². The van der Waals surface area contributed by atoms with Gasteiger partial charge >= 0.3 is 6.10 Å². The largest absolute Gasteiger partial charge is 0.397 e. The Bertz CT molecular complexity index is 858. The summed E-state index contributed by atoms with van der Waals surface area (Å²) in [4.78, 5) is 3.21. The van der Waals surface area contributed by atoms with Crippen LogP contribution in [0.4, 0.5) is 15.8 Å². The number of para-hydroxylation sites is 2. The van der Waals surface area contributed by atoms with Crippen molar-refractivity contribution in [2.45, 2.75) is 85.2 Å². The van der Waals surface area contributed by atoms with Crippen LogP contribution in [0.15, 0.2) is 48.8 Å². The molecule has 174 valence electrons. The number of benzene rings is 2. The molecular formula is C27H37FN2OS. The first-order valence-corrected chi connectivity index (χ1v) is 11.9. The Balaban J connectivity index is 2.25. The van der Waals surface area contributed by atoms with Gasteiger partial charge in [0.2, 0.25) is 0 Å². The summed E-state index contributed by atoms with van der Waals surface area (Å²) in [5.74, 6) is 0.906. The Kier molecular flexibility index (Phi) is 7.31. The Morgan fingerprint density at radius 3 is 1.16 bits per heavy atom. The molecule has 0 bridgehead atoms. The van der Waals surface area contributed by atoms with Crippen molar-refractivity contribution in [1.82, 2.24) is 0 Å². The topological polar surface area (TPSA) is 15.7 Å². The average molecular weight is 457 g/mol. The molecule has 0 atom stereocenters. The molecule has 0 aromatic heterocycles. The quantitative estimate of drug-likeness (QED) is 0.256. The summed E-state index contributed by atoms with van der Waals surface area (Å²) in [5, 5.41) is 0. The molecule has 0 N–H and O–H groups in total. The van der Waals surface area contributed by atoms with E-state index in [1.165, 1.54) is 0 Å². The fourth-order valence-electron chi connectivity index (χ4n) is 4.53. The molecule has 1 aliphatic rings. The third-order valence-electron chi connectivity index (χ3n) is 6.24. The number of hydrogen-bond donors (Lipinski definition) is 1. The maximum absolute atomic E-state index is 17.0. The zero-order chi connectivity index (χ0) is 23.8. The van der Waals surface area contributed by atoms with Gasteiger partial charge in [0.15, 0.2) is 0 Å². The van der Waals surface area contributed by atoms with E-state index in [1.807, 2.05) is 0 Å². The molecule has 0 radical (unpaired) electrons. The molecule has 5 heteroatoms. The first-order valence-electron chi connectivity index (χ1n) is 11.6. The van der Waals surface area contributed by atoms with Crippen molar-refractivity contribution < 1.29 is 8.57 Å². The van der Waals surface area contributed by atoms with Gasteiger partial charge in [-0.2, -0.15) is 4.39 Å². The molecule has 0 saturated heterocycles. The lowest BCUT2D eigenvalue weighted by molar-refractivity contribution is -0.0255. The van der Waals surface area contributed by atoms with E-state index in [0.717, 1.165) is 33.6 Å². The smallest absolute Gasteiger partial charge is 0.271 e. The number of nitrogens with zero attached hydrogens (tertiary/aromatic N) is 2. The summed E-state index contributed by atoms with van der Waals surface area (Å²) in [5.41, 5.74) is 6.02. The first kappa shape index (κ1) is 24.7. The minimum Gasteiger partial charge on any atom is -0.271 e. The average Bonchev–Trinajstić information content (AvgIpc) is 3.09. The SMILES string of the molecule is CC(C)c1cccc(C(C)C)c1N1C=CN(c2c(C(C)C)cccc2C(C)C)C1(F)OS. The van der Waals surface area contributed by atoms with Crippen LogP contribution in [-0.2, 0) is 4.18 Å². The molecule has 1 heterocycles. The van der Waals surface area contributed by atoms with E-state index >= 15 is 4.39 Å². The van der Waals surface area contributed by atoms with Gasteiger partial charge in [-0.05, 0) is 58.8 Å². The highest BCUT2D eigenvalue weighted by Gasteiger charge is 2.50. The van der Waals surface area contributed by atoms with E-state index in [2.05, 4.69) is 105 Å². The summed E-state index contributed by atoms with van der Waals surface area (Å²) >= 11 is 4.07. The van der Waals surface area contributed by atoms with Crippen molar-refractivity contribution in [3.8, 4) is 0 Å². The van der Waals surface area contributed by atoms with Crippen LogP contribution in [0.2, 0.25) is 0 Å². The van der Waals surface area contributed by atoms with Gasteiger partial charge in [0.1, 0.15) is 0 Å². The molecule has 2 aromatic carbocycles. The lowest BCUT2D eigenvalue weighted by Crippen LogP contribution is -2.52. The standard InChI is InChI=1S/C27H37FN2OS/c1-17(2)21-11-9-12-22(18(3)4)25(21)29-15-16-30(27(29,28)31-32)26-23(19(5)6)13-10-14-24(26)20(7)8/h9-20,32H,1-8H3. The van der Waals surface area contributed by atoms with Crippen molar-refractivity contribution in [1.29, 1.82) is 0 Å². The third-order valence-corrected chi connectivity index (χ3v) is 6.47. The normalized spacial score (nSPS) is 15.8. The number of thiol groups is 1. The van der Waals surface area contributed by atoms with Gasteiger partial charge in [-0.1, -0.05) is 91.8 Å². The van der Waals surface area contributed by atoms with Crippen LogP contribution in [0, 0.1) is 0 Å². The van der Waals surface area contributed by atoms with E-state index < -0.39 is 6.10 Å². The van der Waals surface area contributed by atoms with Crippen LogP contribution in [-0.4, -0.2) is 6.10 Å². The van der Waals surface area contributed by atoms with E-state index in [0.29, 0.717) is 0 Å². The van der Waals surface area contributed by atoms with Gasteiger partial charge in [-0.15, -0.1) is 0 Å². The van der Waals surface area contributed by atoms with Gasteiger partial charge < -0.3 is 0 Å². The number of alkyl halides is 1. The van der Waals surface area contributed by atoms with Crippen LogP contribution in [0.5, 0.6) is 0 Å². The molecule has 3 rings (SSSR count). The molecule has 0 fully saturated rings. The molecule has 0 amide bonds. The van der Waals surface area contributed by atoms with Crippen molar-refractivity contribution in [3.05, 3.63) is 71.1 Å². The van der Waals surface area contributed by atoms with Crippen molar-refractivity contribution in [3.63, 3.8) is 0 Å². The third kappa shape index (κ3) is 4.17. The van der Waals surface area contributed by atoms with Crippen molar-refractivity contribution in [2.24, 2.45) is 0 Å². The Morgan fingerprint density at radius 2 is 0.938 bits per heavy atom. The number of anilines is 2. The highest BCUT2D eigenvalue weighted by molar-refractivity contribution is 7.75. The monoisotopic (exact) mass is 456 g/mol. The number of rotatable bonds is 7. The van der Waals surface area contributed by atoms with Gasteiger partial charge in [0, 0.05) is 12.4 Å². The second-order valence-corrected chi connectivity index (χ2v) is 10.0. The number of halogens is 1. The highest BCUT2D eigenvalue weighted by Crippen LogP contribution is 2.48. The van der Waals surface area contributed by atoms with E-state index in [9.17, 15) is 0 Å². The maximum atomic E-state index is 17.0. The van der Waals surface area contributed by atoms with Crippen LogP contribution >= 0.6 is 12.9 Å². The zero-order valence-corrected chi connectivity index (χ0v) is 21.5. The van der Waals surface area contributed by atoms with Crippen LogP contribution < -0.4 is 9.80 Å². The molecular weight excluding hydrogens is 419 g/mol. The predicted molar refractivity (Wildman–Crippen MR) is 137 cm³/mol. The molecule has 0 saturated carbocycles. The van der Waals surface area contributed by atoms with Crippen molar-refractivity contribution >= 4 is 24.3 Å². The molecule has 32 heavy (non-hydrogen) atoms. The molecule has 2 aromatic rings. The van der Waals surface area contributed by atoms with E-state index in [-0.39, 0.29) is 23.7 Å². The van der Waals surface area contributed by atoms with Crippen LogP contribution in [0.3, 0.4) is 0 Å². The van der Waals surface area contributed by atoms with Gasteiger partial charge in [-0.25, -0.2) is 4.18 Å². The fraction of sp³-hybridized carbons (Fsp3) is 0.481.